The second-order valence-electron chi connectivity index (χ2n) is 3.12. The van der Waals surface area contributed by atoms with E-state index in [1.807, 2.05) is 25.1 Å². The predicted octanol–water partition coefficient (Wildman–Crippen LogP) is 1.73. The lowest BCUT2D eigenvalue weighted by atomic mass is 10.2. The first-order chi connectivity index (χ1) is 6.77. The summed E-state index contributed by atoms with van der Waals surface area (Å²) in [5.41, 5.74) is 6.50. The van der Waals surface area contributed by atoms with Crippen LogP contribution < -0.4 is 15.2 Å². The number of rotatable bonds is 5. The van der Waals surface area contributed by atoms with E-state index in [4.69, 9.17) is 15.2 Å². The molecule has 1 aromatic carbocycles. The molecule has 78 valence electrons. The molecule has 0 radical (unpaired) electrons. The van der Waals surface area contributed by atoms with Gasteiger partial charge in [0.15, 0.2) is 0 Å². The molecule has 3 heteroatoms. The molecular formula is C11H17NO2. The SMILES string of the molecule is COc1ccc(C)c(OCCCN)c1. The second-order valence-corrected chi connectivity index (χ2v) is 3.12. The smallest absolute Gasteiger partial charge is 0.125 e. The minimum Gasteiger partial charge on any atom is -0.497 e. The zero-order valence-electron chi connectivity index (χ0n) is 8.75. The van der Waals surface area contributed by atoms with Gasteiger partial charge in [0.05, 0.1) is 13.7 Å². The van der Waals surface area contributed by atoms with Gasteiger partial charge in [-0.3, -0.25) is 0 Å². The Morgan fingerprint density at radius 2 is 2.14 bits per heavy atom. The average molecular weight is 195 g/mol. The van der Waals surface area contributed by atoms with E-state index >= 15 is 0 Å². The lowest BCUT2D eigenvalue weighted by Crippen LogP contribution is -2.06. The number of methoxy groups -OCH3 is 1. The van der Waals surface area contributed by atoms with Crippen molar-refractivity contribution in [2.24, 2.45) is 5.73 Å². The van der Waals surface area contributed by atoms with Crippen molar-refractivity contribution >= 4 is 0 Å². The molecule has 0 aromatic heterocycles. The fourth-order valence-corrected chi connectivity index (χ4v) is 1.13. The van der Waals surface area contributed by atoms with Gasteiger partial charge >= 0.3 is 0 Å². The Kier molecular flexibility index (Phi) is 4.26. The van der Waals surface area contributed by atoms with Crippen LogP contribution in [0.15, 0.2) is 18.2 Å². The Bertz CT molecular complexity index is 287. The van der Waals surface area contributed by atoms with E-state index in [0.29, 0.717) is 13.2 Å². The zero-order valence-corrected chi connectivity index (χ0v) is 8.75. The van der Waals surface area contributed by atoms with Gasteiger partial charge in [-0.15, -0.1) is 0 Å². The highest BCUT2D eigenvalue weighted by atomic mass is 16.5. The number of hydrogen-bond acceptors (Lipinski definition) is 3. The van der Waals surface area contributed by atoms with Crippen molar-refractivity contribution in [3.63, 3.8) is 0 Å². The summed E-state index contributed by atoms with van der Waals surface area (Å²) in [7, 11) is 1.65. The van der Waals surface area contributed by atoms with Gasteiger partial charge in [-0.05, 0) is 31.5 Å². The fourth-order valence-electron chi connectivity index (χ4n) is 1.13. The van der Waals surface area contributed by atoms with Crippen molar-refractivity contribution in [1.82, 2.24) is 0 Å². The molecule has 14 heavy (non-hydrogen) atoms. The van der Waals surface area contributed by atoms with E-state index in [1.165, 1.54) is 0 Å². The number of hydrogen-bond donors (Lipinski definition) is 1. The van der Waals surface area contributed by atoms with Crippen molar-refractivity contribution in [2.75, 3.05) is 20.3 Å². The predicted molar refractivity (Wildman–Crippen MR) is 56.9 cm³/mol. The molecule has 2 N–H and O–H groups in total. The third kappa shape index (κ3) is 2.92. The van der Waals surface area contributed by atoms with Crippen LogP contribution >= 0.6 is 0 Å². The third-order valence-electron chi connectivity index (χ3n) is 2.00. The standard InChI is InChI=1S/C11H17NO2/c1-9-4-5-10(13-2)8-11(9)14-7-3-6-12/h4-5,8H,3,6-7,12H2,1-2H3. The molecule has 0 amide bonds. The Morgan fingerprint density at radius 3 is 2.79 bits per heavy atom. The van der Waals surface area contributed by atoms with Gasteiger partial charge in [0.25, 0.3) is 0 Å². The molecule has 0 bridgehead atoms. The number of nitrogens with two attached hydrogens (primary N) is 1. The van der Waals surface area contributed by atoms with Gasteiger partial charge < -0.3 is 15.2 Å². The van der Waals surface area contributed by atoms with E-state index in [9.17, 15) is 0 Å². The fraction of sp³-hybridized carbons (Fsp3) is 0.455. The molecule has 1 rings (SSSR count). The lowest BCUT2D eigenvalue weighted by molar-refractivity contribution is 0.308. The summed E-state index contributed by atoms with van der Waals surface area (Å²) >= 11 is 0. The summed E-state index contributed by atoms with van der Waals surface area (Å²) in [5, 5.41) is 0. The van der Waals surface area contributed by atoms with Crippen LogP contribution in [0.4, 0.5) is 0 Å². The van der Waals surface area contributed by atoms with Crippen LogP contribution in [0.5, 0.6) is 11.5 Å². The van der Waals surface area contributed by atoms with Crippen molar-refractivity contribution in [3.05, 3.63) is 23.8 Å². The van der Waals surface area contributed by atoms with Gasteiger partial charge in [0.2, 0.25) is 0 Å². The summed E-state index contributed by atoms with van der Waals surface area (Å²) in [6.45, 7) is 3.32. The maximum Gasteiger partial charge on any atom is 0.125 e. The summed E-state index contributed by atoms with van der Waals surface area (Å²) in [5.74, 6) is 1.69. The Hall–Kier alpha value is -1.22. The number of ether oxygens (including phenoxy) is 2. The van der Waals surface area contributed by atoms with E-state index in [-0.39, 0.29) is 0 Å². The highest BCUT2D eigenvalue weighted by Crippen LogP contribution is 2.23. The van der Waals surface area contributed by atoms with Crippen LogP contribution in [0.2, 0.25) is 0 Å². The minimum absolute atomic E-state index is 0.656. The van der Waals surface area contributed by atoms with Gasteiger partial charge in [-0.2, -0.15) is 0 Å². The minimum atomic E-state index is 0.656. The van der Waals surface area contributed by atoms with E-state index < -0.39 is 0 Å². The highest BCUT2D eigenvalue weighted by molar-refractivity contribution is 5.39. The highest BCUT2D eigenvalue weighted by Gasteiger charge is 2.01. The number of aryl methyl sites for hydroxylation is 1. The monoisotopic (exact) mass is 195 g/mol. The van der Waals surface area contributed by atoms with Crippen molar-refractivity contribution < 1.29 is 9.47 Å². The first-order valence-electron chi connectivity index (χ1n) is 4.75. The average Bonchev–Trinajstić information content (AvgIpc) is 2.21. The summed E-state index contributed by atoms with van der Waals surface area (Å²) in [4.78, 5) is 0. The van der Waals surface area contributed by atoms with Crippen molar-refractivity contribution in [3.8, 4) is 11.5 Å². The van der Waals surface area contributed by atoms with Gasteiger partial charge in [0, 0.05) is 6.07 Å². The normalized spacial score (nSPS) is 9.93. The first-order valence-corrected chi connectivity index (χ1v) is 4.75. The molecule has 0 unspecified atom stereocenters. The summed E-state index contributed by atoms with van der Waals surface area (Å²) < 4.78 is 10.7. The van der Waals surface area contributed by atoms with Crippen LogP contribution in [0.25, 0.3) is 0 Å². The molecular weight excluding hydrogens is 178 g/mol. The first kappa shape index (κ1) is 10.9. The van der Waals surface area contributed by atoms with Crippen LogP contribution in [0, 0.1) is 6.92 Å². The molecule has 0 aliphatic heterocycles. The maximum absolute atomic E-state index is 5.56. The Balaban J connectivity index is 2.64. The van der Waals surface area contributed by atoms with E-state index in [0.717, 1.165) is 23.5 Å². The van der Waals surface area contributed by atoms with Gasteiger partial charge in [-0.25, -0.2) is 0 Å². The van der Waals surface area contributed by atoms with Crippen molar-refractivity contribution in [1.29, 1.82) is 0 Å². The summed E-state index contributed by atoms with van der Waals surface area (Å²) in [6, 6.07) is 5.80. The quantitative estimate of drug-likeness (QED) is 0.728. The topological polar surface area (TPSA) is 44.5 Å². The third-order valence-corrected chi connectivity index (χ3v) is 2.00. The molecule has 0 spiro atoms. The summed E-state index contributed by atoms with van der Waals surface area (Å²) in [6.07, 6.45) is 0.872. The molecule has 0 atom stereocenters. The van der Waals surface area contributed by atoms with Gasteiger partial charge in [0.1, 0.15) is 11.5 Å². The van der Waals surface area contributed by atoms with E-state index in [1.54, 1.807) is 7.11 Å². The molecule has 1 aromatic rings. The molecule has 0 saturated carbocycles. The molecule has 0 aliphatic rings. The van der Waals surface area contributed by atoms with Crippen LogP contribution in [-0.4, -0.2) is 20.3 Å². The zero-order chi connectivity index (χ0) is 10.4. The molecule has 0 heterocycles. The maximum atomic E-state index is 5.56. The Labute approximate surface area is 84.8 Å². The molecule has 0 fully saturated rings. The molecule has 0 saturated heterocycles. The largest absolute Gasteiger partial charge is 0.497 e. The molecule has 0 aliphatic carbocycles. The molecule has 3 nitrogen and oxygen atoms in total. The lowest BCUT2D eigenvalue weighted by Gasteiger charge is -2.09. The Morgan fingerprint density at radius 1 is 1.36 bits per heavy atom. The van der Waals surface area contributed by atoms with Crippen LogP contribution in [0.3, 0.4) is 0 Å². The van der Waals surface area contributed by atoms with Crippen LogP contribution in [-0.2, 0) is 0 Å². The number of benzene rings is 1. The van der Waals surface area contributed by atoms with Crippen molar-refractivity contribution in [2.45, 2.75) is 13.3 Å². The van der Waals surface area contributed by atoms with Gasteiger partial charge in [-0.1, -0.05) is 6.07 Å². The van der Waals surface area contributed by atoms with E-state index in [2.05, 4.69) is 0 Å². The van der Waals surface area contributed by atoms with Crippen LogP contribution in [0.1, 0.15) is 12.0 Å². The second kappa shape index (κ2) is 5.50.